The number of hydrogen-bond donors (Lipinski definition) is 0. The third kappa shape index (κ3) is 2.70. The molecule has 0 saturated carbocycles. The van der Waals surface area contributed by atoms with Gasteiger partial charge in [-0.2, -0.15) is 0 Å². The van der Waals surface area contributed by atoms with Gasteiger partial charge in [-0.1, -0.05) is 15.9 Å². The Morgan fingerprint density at radius 3 is 2.67 bits per heavy atom. The van der Waals surface area contributed by atoms with E-state index in [1.165, 1.54) is 0 Å². The predicted octanol–water partition coefficient (Wildman–Crippen LogP) is 5.30. The van der Waals surface area contributed by atoms with Crippen LogP contribution in [0.25, 0.3) is 16.7 Å². The molecule has 0 N–H and O–H groups in total. The molecule has 0 fully saturated rings. The van der Waals surface area contributed by atoms with Crippen molar-refractivity contribution in [1.29, 1.82) is 0 Å². The number of imidazole rings is 1. The van der Waals surface area contributed by atoms with Crippen LogP contribution in [0.15, 0.2) is 45.3 Å². The van der Waals surface area contributed by atoms with Crippen molar-refractivity contribution >= 4 is 54.5 Å². The van der Waals surface area contributed by atoms with Crippen molar-refractivity contribution in [3.05, 3.63) is 51.2 Å². The normalized spacial score (nSPS) is 11.0. The maximum absolute atomic E-state index is 6.06. The smallest absolute Gasteiger partial charge is 0.133 e. The van der Waals surface area contributed by atoms with Gasteiger partial charge in [-0.05, 0) is 52.3 Å². The second kappa shape index (κ2) is 5.99. The number of ether oxygens (including phenoxy) is 1. The summed E-state index contributed by atoms with van der Waals surface area (Å²) in [4.78, 5) is 4.60. The van der Waals surface area contributed by atoms with Gasteiger partial charge in [0.05, 0.1) is 28.5 Å². The van der Waals surface area contributed by atoms with Gasteiger partial charge in [0.15, 0.2) is 0 Å². The molecule has 3 aromatic rings. The van der Waals surface area contributed by atoms with E-state index in [4.69, 9.17) is 16.3 Å². The molecule has 0 spiro atoms. The zero-order valence-corrected chi connectivity index (χ0v) is 15.0. The lowest BCUT2D eigenvalue weighted by molar-refractivity contribution is 0.412. The van der Waals surface area contributed by atoms with E-state index >= 15 is 0 Å². The number of methoxy groups -OCH3 is 1. The van der Waals surface area contributed by atoms with Crippen molar-refractivity contribution in [3.8, 4) is 11.4 Å². The largest absolute Gasteiger partial charge is 0.496 e. The minimum Gasteiger partial charge on any atom is -0.496 e. The minimum absolute atomic E-state index is 0.343. The second-order valence-electron chi connectivity index (χ2n) is 4.45. The summed E-state index contributed by atoms with van der Waals surface area (Å²) < 4.78 is 9.22. The van der Waals surface area contributed by atoms with E-state index < -0.39 is 0 Å². The van der Waals surface area contributed by atoms with Crippen molar-refractivity contribution in [1.82, 2.24) is 9.55 Å². The lowest BCUT2D eigenvalue weighted by Crippen LogP contribution is -1.99. The van der Waals surface area contributed by atoms with Crippen molar-refractivity contribution in [2.75, 3.05) is 7.11 Å². The molecular formula is C15H11Br2ClN2O. The molecule has 108 valence electrons. The highest BCUT2D eigenvalue weighted by molar-refractivity contribution is 9.10. The molecule has 0 atom stereocenters. The highest BCUT2D eigenvalue weighted by Gasteiger charge is 2.13. The monoisotopic (exact) mass is 428 g/mol. The number of benzene rings is 2. The van der Waals surface area contributed by atoms with Crippen molar-refractivity contribution < 1.29 is 4.74 Å². The van der Waals surface area contributed by atoms with Crippen LogP contribution in [0.4, 0.5) is 0 Å². The molecule has 1 aromatic heterocycles. The average Bonchev–Trinajstić information content (AvgIpc) is 2.84. The van der Waals surface area contributed by atoms with Crippen LogP contribution in [0.1, 0.15) is 5.82 Å². The molecule has 3 nitrogen and oxygen atoms in total. The van der Waals surface area contributed by atoms with Gasteiger partial charge in [0, 0.05) is 10.2 Å². The van der Waals surface area contributed by atoms with Crippen LogP contribution in [-0.4, -0.2) is 16.7 Å². The molecule has 0 radical (unpaired) electrons. The van der Waals surface area contributed by atoms with Crippen LogP contribution >= 0.6 is 43.5 Å². The summed E-state index contributed by atoms with van der Waals surface area (Å²) in [6.45, 7) is 0. The van der Waals surface area contributed by atoms with Crippen molar-refractivity contribution in [2.24, 2.45) is 0 Å². The Kier molecular flexibility index (Phi) is 4.24. The van der Waals surface area contributed by atoms with E-state index in [0.29, 0.717) is 5.88 Å². The molecule has 1 heterocycles. The molecule has 0 aliphatic carbocycles. The second-order valence-corrected chi connectivity index (χ2v) is 6.49. The maximum Gasteiger partial charge on any atom is 0.133 e. The highest BCUT2D eigenvalue weighted by Crippen LogP contribution is 2.30. The zero-order valence-electron chi connectivity index (χ0n) is 11.1. The molecule has 0 saturated heterocycles. The summed E-state index contributed by atoms with van der Waals surface area (Å²) in [5.74, 6) is 1.94. The number of alkyl halides is 1. The van der Waals surface area contributed by atoms with E-state index in [1.807, 2.05) is 36.4 Å². The fourth-order valence-corrected chi connectivity index (χ4v) is 3.33. The summed E-state index contributed by atoms with van der Waals surface area (Å²) in [6, 6.07) is 11.9. The van der Waals surface area contributed by atoms with Crippen LogP contribution < -0.4 is 4.74 Å². The lowest BCUT2D eigenvalue weighted by Gasteiger charge is -2.10. The Morgan fingerprint density at radius 1 is 1.19 bits per heavy atom. The first-order chi connectivity index (χ1) is 10.1. The topological polar surface area (TPSA) is 27.1 Å². The molecule has 21 heavy (non-hydrogen) atoms. The molecule has 6 heteroatoms. The predicted molar refractivity (Wildman–Crippen MR) is 92.6 cm³/mol. The van der Waals surface area contributed by atoms with E-state index in [2.05, 4.69) is 41.4 Å². The van der Waals surface area contributed by atoms with Gasteiger partial charge in [0.2, 0.25) is 0 Å². The van der Waals surface area contributed by atoms with E-state index in [0.717, 1.165) is 37.2 Å². The fraction of sp³-hybridized carbons (Fsp3) is 0.133. The first kappa shape index (κ1) is 14.9. The van der Waals surface area contributed by atoms with Crippen molar-refractivity contribution in [2.45, 2.75) is 5.88 Å². The molecule has 3 rings (SSSR count). The van der Waals surface area contributed by atoms with Gasteiger partial charge < -0.3 is 4.74 Å². The van der Waals surface area contributed by atoms with Crippen LogP contribution in [0, 0.1) is 0 Å². The minimum atomic E-state index is 0.343. The lowest BCUT2D eigenvalue weighted by atomic mass is 10.2. The first-order valence-electron chi connectivity index (χ1n) is 6.21. The Balaban J connectivity index is 2.25. The number of fused-ring (bicyclic) bond motifs is 1. The fourth-order valence-electron chi connectivity index (χ4n) is 2.28. The zero-order chi connectivity index (χ0) is 15.0. The third-order valence-electron chi connectivity index (χ3n) is 3.20. The Labute approximate surface area is 144 Å². The molecule has 0 aliphatic heterocycles. The van der Waals surface area contributed by atoms with Crippen LogP contribution in [0.5, 0.6) is 5.75 Å². The van der Waals surface area contributed by atoms with Crippen LogP contribution in [0.2, 0.25) is 0 Å². The third-order valence-corrected chi connectivity index (χ3v) is 4.55. The number of aromatic nitrogens is 2. The molecule has 0 bridgehead atoms. The summed E-state index contributed by atoms with van der Waals surface area (Å²) >= 11 is 13.0. The molecular weight excluding hydrogens is 419 g/mol. The first-order valence-corrected chi connectivity index (χ1v) is 8.33. The Bertz CT molecular complexity index is 817. The summed E-state index contributed by atoms with van der Waals surface area (Å²) in [5.41, 5.74) is 2.92. The average molecular weight is 431 g/mol. The van der Waals surface area contributed by atoms with Gasteiger partial charge in [-0.15, -0.1) is 11.6 Å². The molecule has 0 unspecified atom stereocenters. The SMILES string of the molecule is COc1ccc(-n2c(CCl)nc3cc(Br)ccc32)cc1Br. The molecule has 0 aliphatic rings. The van der Waals surface area contributed by atoms with Crippen LogP contribution in [-0.2, 0) is 5.88 Å². The van der Waals surface area contributed by atoms with E-state index in [1.54, 1.807) is 7.11 Å². The number of rotatable bonds is 3. The maximum atomic E-state index is 6.06. The van der Waals surface area contributed by atoms with Crippen molar-refractivity contribution in [3.63, 3.8) is 0 Å². The van der Waals surface area contributed by atoms with Gasteiger partial charge >= 0.3 is 0 Å². The van der Waals surface area contributed by atoms with Gasteiger partial charge in [-0.3, -0.25) is 4.57 Å². The van der Waals surface area contributed by atoms with Crippen LogP contribution in [0.3, 0.4) is 0 Å². The summed E-state index contributed by atoms with van der Waals surface area (Å²) in [5, 5.41) is 0. The van der Waals surface area contributed by atoms with E-state index in [-0.39, 0.29) is 0 Å². The Hall–Kier alpha value is -1.04. The molecule has 0 amide bonds. The number of halogens is 3. The molecule has 2 aromatic carbocycles. The number of nitrogens with zero attached hydrogens (tertiary/aromatic N) is 2. The highest BCUT2D eigenvalue weighted by atomic mass is 79.9. The quantitative estimate of drug-likeness (QED) is 0.528. The standard InChI is InChI=1S/C15H11Br2ClN2O/c1-21-14-5-3-10(7-11(14)17)20-13-4-2-9(16)6-12(13)19-15(20)8-18/h2-7H,8H2,1H3. The van der Waals surface area contributed by atoms with Gasteiger partial charge in [0.1, 0.15) is 11.6 Å². The Morgan fingerprint density at radius 2 is 2.00 bits per heavy atom. The summed E-state index contributed by atoms with van der Waals surface area (Å²) in [7, 11) is 1.65. The summed E-state index contributed by atoms with van der Waals surface area (Å²) in [6.07, 6.45) is 0. The number of hydrogen-bond acceptors (Lipinski definition) is 2. The van der Waals surface area contributed by atoms with Gasteiger partial charge in [-0.25, -0.2) is 4.98 Å². The van der Waals surface area contributed by atoms with Gasteiger partial charge in [0.25, 0.3) is 0 Å². The van der Waals surface area contributed by atoms with E-state index in [9.17, 15) is 0 Å².